The first-order valence-corrected chi connectivity index (χ1v) is 8.24. The van der Waals surface area contributed by atoms with Gasteiger partial charge in [-0.15, -0.1) is 0 Å². The Morgan fingerprint density at radius 2 is 2.08 bits per heavy atom. The highest BCUT2D eigenvalue weighted by atomic mass is 16.5. The summed E-state index contributed by atoms with van der Waals surface area (Å²) in [4.78, 5) is 20.6. The Balaban J connectivity index is 1.46. The number of hydrogen-bond donors (Lipinski definition) is 2. The molecule has 7 nitrogen and oxygen atoms in total. The lowest BCUT2D eigenvalue weighted by Crippen LogP contribution is -2.07. The van der Waals surface area contributed by atoms with Gasteiger partial charge in [-0.25, -0.2) is 9.78 Å². The van der Waals surface area contributed by atoms with E-state index in [0.29, 0.717) is 16.9 Å². The molecule has 7 heteroatoms. The van der Waals surface area contributed by atoms with Crippen molar-refractivity contribution in [3.63, 3.8) is 0 Å². The topological polar surface area (TPSA) is 92.8 Å². The van der Waals surface area contributed by atoms with E-state index in [4.69, 9.17) is 4.74 Å². The zero-order valence-corrected chi connectivity index (χ0v) is 14.2. The average Bonchev–Trinajstić information content (AvgIpc) is 3.14. The summed E-state index contributed by atoms with van der Waals surface area (Å²) in [5, 5.41) is 11.4. The first-order chi connectivity index (χ1) is 12.7. The molecule has 26 heavy (non-hydrogen) atoms. The van der Waals surface area contributed by atoms with Gasteiger partial charge < -0.3 is 10.1 Å². The summed E-state index contributed by atoms with van der Waals surface area (Å²) < 4.78 is 4.74. The van der Waals surface area contributed by atoms with Gasteiger partial charge in [0.15, 0.2) is 0 Å². The number of ether oxygens (including phenoxy) is 1. The van der Waals surface area contributed by atoms with E-state index < -0.39 is 0 Å². The van der Waals surface area contributed by atoms with Crippen LogP contribution in [0, 0.1) is 0 Å². The minimum atomic E-state index is -0.388. The molecule has 4 rings (SSSR count). The highest BCUT2D eigenvalue weighted by Crippen LogP contribution is 2.16. The van der Waals surface area contributed by atoms with Gasteiger partial charge in [-0.05, 0) is 36.2 Å². The molecule has 0 atom stereocenters. The molecular weight excluding hydrogens is 330 g/mol. The number of aromatic amines is 1. The van der Waals surface area contributed by atoms with Crippen molar-refractivity contribution in [1.29, 1.82) is 0 Å². The number of aromatic nitrogens is 4. The van der Waals surface area contributed by atoms with Gasteiger partial charge in [0.2, 0.25) is 0 Å². The van der Waals surface area contributed by atoms with Gasteiger partial charge >= 0.3 is 5.97 Å². The summed E-state index contributed by atoms with van der Waals surface area (Å²) in [7, 11) is 1.36. The SMILES string of the molecule is COC(=O)c1ccc2ncc(NCCc3ccc4cn[nH]c4c3)nc2c1. The summed E-state index contributed by atoms with van der Waals surface area (Å²) >= 11 is 0. The molecule has 0 amide bonds. The molecule has 0 unspecified atom stereocenters. The molecule has 0 aliphatic rings. The van der Waals surface area contributed by atoms with E-state index in [0.717, 1.165) is 29.4 Å². The fourth-order valence-corrected chi connectivity index (χ4v) is 2.82. The van der Waals surface area contributed by atoms with Crippen LogP contribution in [0.2, 0.25) is 0 Å². The van der Waals surface area contributed by atoms with Crippen molar-refractivity contribution >= 4 is 33.7 Å². The Bertz CT molecular complexity index is 1090. The number of nitrogens with zero attached hydrogens (tertiary/aromatic N) is 3. The van der Waals surface area contributed by atoms with E-state index in [1.807, 2.05) is 6.20 Å². The van der Waals surface area contributed by atoms with Crippen LogP contribution in [-0.2, 0) is 11.2 Å². The van der Waals surface area contributed by atoms with Crippen LogP contribution in [0.15, 0.2) is 48.8 Å². The lowest BCUT2D eigenvalue weighted by molar-refractivity contribution is 0.0601. The largest absolute Gasteiger partial charge is 0.465 e. The van der Waals surface area contributed by atoms with Gasteiger partial charge in [-0.2, -0.15) is 5.10 Å². The molecular formula is C19H17N5O2. The lowest BCUT2D eigenvalue weighted by atomic mass is 10.1. The van der Waals surface area contributed by atoms with Crippen molar-refractivity contribution in [2.24, 2.45) is 0 Å². The van der Waals surface area contributed by atoms with Crippen LogP contribution >= 0.6 is 0 Å². The highest BCUT2D eigenvalue weighted by molar-refractivity contribution is 5.93. The molecule has 2 aromatic heterocycles. The van der Waals surface area contributed by atoms with Crippen molar-refractivity contribution in [2.45, 2.75) is 6.42 Å². The van der Waals surface area contributed by atoms with E-state index in [2.05, 4.69) is 43.7 Å². The monoisotopic (exact) mass is 347 g/mol. The molecule has 0 radical (unpaired) electrons. The summed E-state index contributed by atoms with van der Waals surface area (Å²) in [5.41, 5.74) is 4.07. The van der Waals surface area contributed by atoms with Crippen molar-refractivity contribution in [2.75, 3.05) is 19.0 Å². The summed E-state index contributed by atoms with van der Waals surface area (Å²) in [6.45, 7) is 0.719. The van der Waals surface area contributed by atoms with Crippen LogP contribution in [0.1, 0.15) is 15.9 Å². The van der Waals surface area contributed by atoms with Gasteiger partial charge in [0.05, 0.1) is 41.6 Å². The molecule has 0 aliphatic heterocycles. The van der Waals surface area contributed by atoms with Gasteiger partial charge in [-0.3, -0.25) is 10.1 Å². The van der Waals surface area contributed by atoms with E-state index >= 15 is 0 Å². The number of anilines is 1. The second-order valence-electron chi connectivity index (χ2n) is 5.92. The molecule has 2 aromatic carbocycles. The van der Waals surface area contributed by atoms with E-state index in [-0.39, 0.29) is 5.97 Å². The number of fused-ring (bicyclic) bond motifs is 2. The van der Waals surface area contributed by atoms with E-state index in [9.17, 15) is 4.79 Å². The molecule has 0 bridgehead atoms. The predicted molar refractivity (Wildman–Crippen MR) is 99.2 cm³/mol. The zero-order valence-electron chi connectivity index (χ0n) is 14.2. The first kappa shape index (κ1) is 16.0. The highest BCUT2D eigenvalue weighted by Gasteiger charge is 2.08. The summed E-state index contributed by atoms with van der Waals surface area (Å²) in [6.07, 6.45) is 4.35. The first-order valence-electron chi connectivity index (χ1n) is 8.24. The Morgan fingerprint density at radius 3 is 2.96 bits per heavy atom. The molecule has 2 N–H and O–H groups in total. The van der Waals surface area contributed by atoms with Crippen LogP contribution in [0.25, 0.3) is 21.9 Å². The third-order valence-electron chi connectivity index (χ3n) is 4.19. The minimum absolute atomic E-state index is 0.388. The van der Waals surface area contributed by atoms with Crippen LogP contribution in [0.3, 0.4) is 0 Å². The molecule has 2 heterocycles. The fourth-order valence-electron chi connectivity index (χ4n) is 2.82. The maximum absolute atomic E-state index is 11.7. The number of esters is 1. The zero-order chi connectivity index (χ0) is 17.9. The second kappa shape index (κ2) is 6.79. The molecule has 0 saturated heterocycles. The van der Waals surface area contributed by atoms with Crippen LogP contribution in [-0.4, -0.2) is 39.8 Å². The number of nitrogens with one attached hydrogen (secondary N) is 2. The van der Waals surface area contributed by atoms with E-state index in [1.165, 1.54) is 12.7 Å². The van der Waals surface area contributed by atoms with Crippen LogP contribution in [0.5, 0.6) is 0 Å². The van der Waals surface area contributed by atoms with Crippen LogP contribution in [0.4, 0.5) is 5.82 Å². The fraction of sp³-hybridized carbons (Fsp3) is 0.158. The van der Waals surface area contributed by atoms with Crippen molar-refractivity contribution in [3.05, 3.63) is 59.9 Å². The number of rotatable bonds is 5. The van der Waals surface area contributed by atoms with Gasteiger partial charge in [-0.1, -0.05) is 12.1 Å². The lowest BCUT2D eigenvalue weighted by Gasteiger charge is -2.07. The minimum Gasteiger partial charge on any atom is -0.465 e. The quantitative estimate of drug-likeness (QED) is 0.539. The number of carbonyl (C=O) groups is 1. The number of H-pyrrole nitrogens is 1. The molecule has 0 aliphatic carbocycles. The van der Waals surface area contributed by atoms with Gasteiger partial charge in [0.25, 0.3) is 0 Å². The number of hydrogen-bond acceptors (Lipinski definition) is 6. The van der Waals surface area contributed by atoms with Crippen molar-refractivity contribution in [3.8, 4) is 0 Å². The number of carbonyl (C=O) groups excluding carboxylic acids is 1. The molecule has 0 spiro atoms. The number of benzene rings is 2. The maximum atomic E-state index is 11.7. The normalized spacial score (nSPS) is 11.0. The molecule has 0 fully saturated rings. The van der Waals surface area contributed by atoms with Crippen molar-refractivity contribution in [1.82, 2.24) is 20.2 Å². The van der Waals surface area contributed by atoms with Crippen LogP contribution < -0.4 is 5.32 Å². The smallest absolute Gasteiger partial charge is 0.337 e. The third-order valence-corrected chi connectivity index (χ3v) is 4.19. The standard InChI is InChI=1S/C19H17N5O2/c1-26-19(25)13-4-5-15-17(9-13)23-18(11-21-15)20-7-6-12-2-3-14-10-22-24-16(14)8-12/h2-5,8-11H,6-7H2,1H3,(H,20,23)(H,22,24). The third kappa shape index (κ3) is 3.19. The Labute approximate surface area is 149 Å². The number of methoxy groups -OCH3 is 1. The molecule has 130 valence electrons. The maximum Gasteiger partial charge on any atom is 0.337 e. The Morgan fingerprint density at radius 1 is 1.15 bits per heavy atom. The Hall–Kier alpha value is -3.48. The summed E-state index contributed by atoms with van der Waals surface area (Å²) in [5.74, 6) is 0.281. The van der Waals surface area contributed by atoms with Gasteiger partial charge in [0.1, 0.15) is 5.82 Å². The molecule has 0 saturated carbocycles. The Kier molecular flexibility index (Phi) is 4.18. The van der Waals surface area contributed by atoms with Gasteiger partial charge in [0, 0.05) is 11.9 Å². The average molecular weight is 347 g/mol. The molecule has 4 aromatic rings. The summed E-state index contributed by atoms with van der Waals surface area (Å²) in [6, 6.07) is 11.4. The second-order valence-corrected chi connectivity index (χ2v) is 5.92. The van der Waals surface area contributed by atoms with E-state index in [1.54, 1.807) is 24.4 Å². The predicted octanol–water partition coefficient (Wildman–Crippen LogP) is 2.95. The van der Waals surface area contributed by atoms with Crippen molar-refractivity contribution < 1.29 is 9.53 Å².